The summed E-state index contributed by atoms with van der Waals surface area (Å²) in [5, 5.41) is 10.8. The molecule has 15 heteroatoms. The van der Waals surface area contributed by atoms with Crippen LogP contribution in [0.15, 0.2) is 78.9 Å². The molecule has 1 saturated carbocycles. The number of nitrogens with one attached hydrogen (secondary N) is 2. The highest BCUT2D eigenvalue weighted by Gasteiger charge is 2.42. The van der Waals surface area contributed by atoms with E-state index in [4.69, 9.17) is 15.6 Å². The van der Waals surface area contributed by atoms with Crippen LogP contribution in [-0.4, -0.2) is 113 Å². The number of nitrogens with two attached hydrogens (primary N) is 1. The number of likely N-dealkylation sites (tertiary alicyclic amines) is 2. The number of amides is 6. The van der Waals surface area contributed by atoms with E-state index in [1.807, 2.05) is 64.2 Å². The fraction of sp³-hybridized carbons (Fsp3) is 0.447. The standard InChI is InChI=1S/C47H55N9O6/c1-52(29-30-16-22-53(23-17-30)45(59)33-7-11-35(12-8-33)55-26-20-40(57)50-47(55)61)36-27-34(28-36)46(60)54-24-18-31(19-25-54)39-15-21-49-44-41(43(48)58)42(51-56(39)44)32-9-13-38(14-10-32)62-37-5-3-2-4-6-37/h2-14,30-31,34,36,39,49H,15-29H2,1H3,(H2,48,58)(H,50,57,61). The predicted molar refractivity (Wildman–Crippen MR) is 234 cm³/mol. The number of hydrogen-bond acceptors (Lipinski definition) is 9. The summed E-state index contributed by atoms with van der Waals surface area (Å²) in [5.74, 6) is 2.42. The van der Waals surface area contributed by atoms with Gasteiger partial charge < -0.3 is 30.5 Å². The van der Waals surface area contributed by atoms with Gasteiger partial charge in [0.05, 0.1) is 6.04 Å². The maximum Gasteiger partial charge on any atom is 0.328 e. The van der Waals surface area contributed by atoms with E-state index < -0.39 is 11.9 Å². The average Bonchev–Trinajstić information content (AvgIpc) is 3.67. The van der Waals surface area contributed by atoms with E-state index in [9.17, 15) is 24.0 Å². The molecule has 9 rings (SSSR count). The average molecular weight is 842 g/mol. The number of anilines is 2. The molecule has 0 bridgehead atoms. The van der Waals surface area contributed by atoms with Gasteiger partial charge in [0, 0.05) is 81.0 Å². The molecule has 15 nitrogen and oxygen atoms in total. The molecule has 0 spiro atoms. The van der Waals surface area contributed by atoms with Gasteiger partial charge in [0.2, 0.25) is 11.8 Å². The van der Waals surface area contributed by atoms with Gasteiger partial charge in [-0.1, -0.05) is 18.2 Å². The van der Waals surface area contributed by atoms with Crippen molar-refractivity contribution < 1.29 is 28.7 Å². The number of piperidine rings is 2. The second-order valence-corrected chi connectivity index (χ2v) is 17.6. The molecule has 5 heterocycles. The van der Waals surface area contributed by atoms with E-state index in [-0.39, 0.29) is 36.1 Å². The summed E-state index contributed by atoms with van der Waals surface area (Å²) in [7, 11) is 2.17. The lowest BCUT2D eigenvalue weighted by Crippen LogP contribution is -2.52. The zero-order valence-corrected chi connectivity index (χ0v) is 35.2. The van der Waals surface area contributed by atoms with Crippen LogP contribution >= 0.6 is 0 Å². The summed E-state index contributed by atoms with van der Waals surface area (Å²) in [4.78, 5) is 71.5. The Morgan fingerprint density at radius 1 is 0.823 bits per heavy atom. The fourth-order valence-corrected chi connectivity index (χ4v) is 10.0. The largest absolute Gasteiger partial charge is 0.457 e. The van der Waals surface area contributed by atoms with Crippen molar-refractivity contribution in [3.8, 4) is 22.8 Å². The second kappa shape index (κ2) is 17.6. The Balaban J connectivity index is 0.727. The van der Waals surface area contributed by atoms with Crippen LogP contribution < -0.4 is 26.0 Å². The SMILES string of the molecule is CN(CC1CCN(C(=O)c2ccc(N3CCC(=O)NC3=O)cc2)CC1)C1CC(C(=O)N2CCC(C3CCNc4c(C(N)=O)c(-c5ccc(Oc6ccccc6)cc5)nn43)CC2)C1. The maximum absolute atomic E-state index is 13.7. The number of fused-ring (bicyclic) bond motifs is 1. The molecule has 1 aliphatic carbocycles. The summed E-state index contributed by atoms with van der Waals surface area (Å²) < 4.78 is 7.95. The van der Waals surface area contributed by atoms with Crippen LogP contribution in [0.1, 0.15) is 78.1 Å². The van der Waals surface area contributed by atoms with Crippen molar-refractivity contribution in [1.82, 2.24) is 29.8 Å². The Hall–Kier alpha value is -6.22. The first-order chi connectivity index (χ1) is 30.1. The first-order valence-corrected chi connectivity index (χ1v) is 22.1. The number of primary amides is 1. The van der Waals surface area contributed by atoms with E-state index in [0.29, 0.717) is 71.6 Å². The van der Waals surface area contributed by atoms with Gasteiger partial charge in [-0.05, 0) is 124 Å². The Labute approximate surface area is 361 Å². The number of ether oxygens (including phenoxy) is 1. The number of benzene rings is 3. The smallest absolute Gasteiger partial charge is 0.328 e. The minimum absolute atomic E-state index is 0.00737. The molecule has 4 N–H and O–H groups in total. The Morgan fingerprint density at radius 2 is 1.50 bits per heavy atom. The quantitative estimate of drug-likeness (QED) is 0.170. The number of hydrogen-bond donors (Lipinski definition) is 3. The van der Waals surface area contributed by atoms with Crippen LogP contribution in [-0.2, 0) is 9.59 Å². The normalized spacial score (nSPS) is 22.1. The molecule has 1 aromatic heterocycles. The fourth-order valence-electron chi connectivity index (χ4n) is 10.0. The number of nitrogens with zero attached hydrogens (tertiary/aromatic N) is 6. The van der Waals surface area contributed by atoms with Crippen LogP contribution in [0.25, 0.3) is 11.3 Å². The van der Waals surface area contributed by atoms with Crippen molar-refractivity contribution in [3.63, 3.8) is 0 Å². The summed E-state index contributed by atoms with van der Waals surface area (Å²) in [6, 6.07) is 24.2. The van der Waals surface area contributed by atoms with Gasteiger partial charge in [0.25, 0.3) is 11.8 Å². The van der Waals surface area contributed by atoms with E-state index in [1.165, 1.54) is 4.90 Å². The zero-order chi connectivity index (χ0) is 42.9. The first kappa shape index (κ1) is 41.1. The molecule has 4 aromatic rings. The van der Waals surface area contributed by atoms with Crippen molar-refractivity contribution in [1.29, 1.82) is 0 Å². The van der Waals surface area contributed by atoms with Crippen molar-refractivity contribution in [2.24, 2.45) is 23.5 Å². The Morgan fingerprint density at radius 3 is 2.18 bits per heavy atom. The van der Waals surface area contributed by atoms with E-state index >= 15 is 0 Å². The van der Waals surface area contributed by atoms with Crippen molar-refractivity contribution in [3.05, 3.63) is 90.0 Å². The number of rotatable bonds is 11. The third kappa shape index (κ3) is 8.50. The van der Waals surface area contributed by atoms with Gasteiger partial charge in [0.15, 0.2) is 0 Å². The number of urea groups is 1. The number of para-hydroxylation sites is 1. The molecule has 1 atom stereocenters. The molecule has 4 fully saturated rings. The third-order valence-electron chi connectivity index (χ3n) is 13.7. The molecular formula is C47H55N9O6. The lowest BCUT2D eigenvalue weighted by molar-refractivity contribution is -0.142. The van der Waals surface area contributed by atoms with Crippen LogP contribution in [0, 0.1) is 17.8 Å². The minimum atomic E-state index is -0.519. The molecule has 4 aliphatic heterocycles. The number of aromatic nitrogens is 2. The number of carbonyl (C=O) groups is 5. The third-order valence-corrected chi connectivity index (χ3v) is 13.7. The molecule has 3 aromatic carbocycles. The summed E-state index contributed by atoms with van der Waals surface area (Å²) in [6.45, 7) is 4.83. The van der Waals surface area contributed by atoms with Crippen LogP contribution in [0.5, 0.6) is 11.5 Å². The highest BCUT2D eigenvalue weighted by atomic mass is 16.5. The lowest BCUT2D eigenvalue weighted by atomic mass is 9.77. The molecular weight excluding hydrogens is 787 g/mol. The van der Waals surface area contributed by atoms with Crippen molar-refractivity contribution >= 4 is 41.2 Å². The van der Waals surface area contributed by atoms with Gasteiger partial charge in [-0.2, -0.15) is 5.10 Å². The summed E-state index contributed by atoms with van der Waals surface area (Å²) in [6.07, 6.45) is 6.50. The highest BCUT2D eigenvalue weighted by molar-refractivity contribution is 6.06. The van der Waals surface area contributed by atoms with Gasteiger partial charge in [-0.25, -0.2) is 9.48 Å². The summed E-state index contributed by atoms with van der Waals surface area (Å²) in [5.41, 5.74) is 8.97. The van der Waals surface area contributed by atoms with Crippen LogP contribution in [0.3, 0.4) is 0 Å². The van der Waals surface area contributed by atoms with Gasteiger partial charge in [0.1, 0.15) is 28.6 Å². The molecule has 1 unspecified atom stereocenters. The van der Waals surface area contributed by atoms with E-state index in [1.54, 1.807) is 24.3 Å². The van der Waals surface area contributed by atoms with Gasteiger partial charge in [-0.15, -0.1) is 0 Å². The molecule has 0 radical (unpaired) electrons. The van der Waals surface area contributed by atoms with E-state index in [2.05, 4.69) is 27.5 Å². The maximum atomic E-state index is 13.7. The van der Waals surface area contributed by atoms with Crippen LogP contribution in [0.4, 0.5) is 16.3 Å². The topological polar surface area (TPSA) is 175 Å². The first-order valence-electron chi connectivity index (χ1n) is 22.1. The zero-order valence-electron chi connectivity index (χ0n) is 35.2. The summed E-state index contributed by atoms with van der Waals surface area (Å²) >= 11 is 0. The molecule has 3 saturated heterocycles. The Kier molecular flexibility index (Phi) is 11.7. The molecule has 324 valence electrons. The number of imide groups is 1. The highest BCUT2D eigenvalue weighted by Crippen LogP contribution is 2.41. The van der Waals surface area contributed by atoms with Crippen molar-refractivity contribution in [2.45, 2.75) is 63.5 Å². The lowest BCUT2D eigenvalue weighted by Gasteiger charge is -2.45. The molecule has 6 amide bonds. The van der Waals surface area contributed by atoms with Gasteiger partial charge in [-0.3, -0.25) is 29.4 Å². The van der Waals surface area contributed by atoms with Gasteiger partial charge >= 0.3 is 6.03 Å². The van der Waals surface area contributed by atoms with Crippen molar-refractivity contribution in [2.75, 3.05) is 63.1 Å². The van der Waals surface area contributed by atoms with Crippen LogP contribution in [0.2, 0.25) is 0 Å². The second-order valence-electron chi connectivity index (χ2n) is 17.6. The molecule has 5 aliphatic rings. The minimum Gasteiger partial charge on any atom is -0.457 e. The molecule has 62 heavy (non-hydrogen) atoms. The predicted octanol–water partition coefficient (Wildman–Crippen LogP) is 5.75. The number of carbonyl (C=O) groups excluding carboxylic acids is 5. The Bertz CT molecular complexity index is 2290. The monoisotopic (exact) mass is 841 g/mol. The van der Waals surface area contributed by atoms with E-state index in [0.717, 1.165) is 82.4 Å².